The van der Waals surface area contributed by atoms with Crippen LogP contribution < -0.4 is 5.32 Å². The van der Waals surface area contributed by atoms with Crippen molar-refractivity contribution in [1.29, 1.82) is 0 Å². The Bertz CT molecular complexity index is 806. The molecule has 3 rings (SSSR count). The summed E-state index contributed by atoms with van der Waals surface area (Å²) in [5.41, 5.74) is 0.276. The van der Waals surface area contributed by atoms with E-state index in [2.05, 4.69) is 10.2 Å². The summed E-state index contributed by atoms with van der Waals surface area (Å²) >= 11 is 6.35. The van der Waals surface area contributed by atoms with E-state index < -0.39 is 17.6 Å². The summed E-state index contributed by atoms with van der Waals surface area (Å²) in [4.78, 5) is 14.6. The van der Waals surface area contributed by atoms with Crippen molar-refractivity contribution in [3.8, 4) is 0 Å². The second-order valence-corrected chi connectivity index (χ2v) is 6.88. The molecule has 0 saturated carbocycles. The van der Waals surface area contributed by atoms with Crippen molar-refractivity contribution in [2.45, 2.75) is 12.2 Å². The lowest BCUT2D eigenvalue weighted by Gasteiger charge is -2.35. The number of hydrogen-bond acceptors (Lipinski definition) is 3. The van der Waals surface area contributed by atoms with Crippen LogP contribution in [0.15, 0.2) is 48.5 Å². The number of morpholine rings is 1. The molecular formula is C20H20ClF3N2O2. The molecule has 2 aromatic carbocycles. The number of nitrogens with zero attached hydrogens (tertiary/aromatic N) is 1. The van der Waals surface area contributed by atoms with Crippen LogP contribution in [0.3, 0.4) is 0 Å². The summed E-state index contributed by atoms with van der Waals surface area (Å²) in [5, 5.41) is 3.42. The minimum Gasteiger partial charge on any atom is -0.379 e. The molecule has 1 saturated heterocycles. The Morgan fingerprint density at radius 1 is 1.11 bits per heavy atom. The lowest BCUT2D eigenvalue weighted by molar-refractivity contribution is -0.137. The monoisotopic (exact) mass is 412 g/mol. The zero-order valence-electron chi connectivity index (χ0n) is 15.0. The van der Waals surface area contributed by atoms with Crippen molar-refractivity contribution in [3.05, 3.63) is 70.2 Å². The molecule has 1 N–H and O–H groups in total. The molecular weight excluding hydrogens is 393 g/mol. The molecule has 1 unspecified atom stereocenters. The summed E-state index contributed by atoms with van der Waals surface area (Å²) < 4.78 is 43.4. The van der Waals surface area contributed by atoms with E-state index in [0.717, 1.165) is 17.7 Å². The highest BCUT2D eigenvalue weighted by molar-refractivity contribution is 6.31. The number of carbonyl (C=O) groups excluding carboxylic acids is 1. The van der Waals surface area contributed by atoms with E-state index >= 15 is 0 Å². The van der Waals surface area contributed by atoms with Gasteiger partial charge < -0.3 is 10.1 Å². The van der Waals surface area contributed by atoms with Gasteiger partial charge in [0.1, 0.15) is 0 Å². The third kappa shape index (κ3) is 5.04. The standard InChI is InChI=1S/C20H20ClF3N2O2/c21-17-4-2-1-3-16(17)18(26-9-11-28-12-10-26)13-25-19(27)14-5-7-15(8-6-14)20(22,23)24/h1-8,18H,9-13H2,(H,25,27). The molecule has 1 aliphatic rings. The number of rotatable bonds is 5. The SMILES string of the molecule is O=C(NCC(c1ccccc1Cl)N1CCOCC1)c1ccc(C(F)(F)F)cc1. The van der Waals surface area contributed by atoms with Gasteiger partial charge >= 0.3 is 6.18 Å². The van der Waals surface area contributed by atoms with Gasteiger partial charge in [-0.05, 0) is 35.9 Å². The molecule has 1 atom stereocenters. The second-order valence-electron chi connectivity index (χ2n) is 6.47. The number of alkyl halides is 3. The summed E-state index contributed by atoms with van der Waals surface area (Å²) in [6, 6.07) is 11.4. The fourth-order valence-corrected chi connectivity index (χ4v) is 3.43. The fraction of sp³-hybridized carbons (Fsp3) is 0.350. The molecule has 8 heteroatoms. The zero-order valence-corrected chi connectivity index (χ0v) is 15.8. The number of nitrogens with one attached hydrogen (secondary N) is 1. The highest BCUT2D eigenvalue weighted by atomic mass is 35.5. The third-order valence-electron chi connectivity index (χ3n) is 4.68. The Kier molecular flexibility index (Phi) is 6.59. The predicted molar refractivity (Wildman–Crippen MR) is 100 cm³/mol. The quantitative estimate of drug-likeness (QED) is 0.801. The van der Waals surface area contributed by atoms with Crippen LogP contribution in [0.1, 0.15) is 27.5 Å². The minimum atomic E-state index is -4.43. The Morgan fingerprint density at radius 3 is 2.36 bits per heavy atom. The lowest BCUT2D eigenvalue weighted by Crippen LogP contribution is -2.44. The van der Waals surface area contributed by atoms with Crippen LogP contribution in [0.4, 0.5) is 13.2 Å². The first-order valence-electron chi connectivity index (χ1n) is 8.88. The van der Waals surface area contributed by atoms with Crippen LogP contribution in [0, 0.1) is 0 Å². The third-order valence-corrected chi connectivity index (χ3v) is 5.03. The Labute approximate surface area is 166 Å². The molecule has 28 heavy (non-hydrogen) atoms. The number of amides is 1. The van der Waals surface area contributed by atoms with Crippen LogP contribution in [0.5, 0.6) is 0 Å². The van der Waals surface area contributed by atoms with Gasteiger partial charge in [0.2, 0.25) is 0 Å². The van der Waals surface area contributed by atoms with Gasteiger partial charge in [0, 0.05) is 30.2 Å². The van der Waals surface area contributed by atoms with Crippen molar-refractivity contribution in [1.82, 2.24) is 10.2 Å². The van der Waals surface area contributed by atoms with E-state index in [1.54, 1.807) is 6.07 Å². The molecule has 0 radical (unpaired) electrons. The van der Waals surface area contributed by atoms with Crippen LogP contribution in [-0.4, -0.2) is 43.7 Å². The molecule has 150 valence electrons. The zero-order chi connectivity index (χ0) is 20.1. The van der Waals surface area contributed by atoms with Gasteiger partial charge in [-0.15, -0.1) is 0 Å². The molecule has 1 heterocycles. The summed E-state index contributed by atoms with van der Waals surface area (Å²) in [6.07, 6.45) is -4.43. The van der Waals surface area contributed by atoms with E-state index in [0.29, 0.717) is 31.3 Å². The van der Waals surface area contributed by atoms with Crippen LogP contribution in [0.25, 0.3) is 0 Å². The Morgan fingerprint density at radius 2 is 1.75 bits per heavy atom. The van der Waals surface area contributed by atoms with Crippen LogP contribution in [-0.2, 0) is 10.9 Å². The van der Waals surface area contributed by atoms with E-state index in [-0.39, 0.29) is 18.2 Å². The van der Waals surface area contributed by atoms with E-state index in [9.17, 15) is 18.0 Å². The van der Waals surface area contributed by atoms with Gasteiger partial charge in [-0.1, -0.05) is 29.8 Å². The van der Waals surface area contributed by atoms with Crippen LogP contribution >= 0.6 is 11.6 Å². The molecule has 0 spiro atoms. The maximum absolute atomic E-state index is 12.7. The smallest absolute Gasteiger partial charge is 0.379 e. The Hall–Kier alpha value is -2.09. The number of ether oxygens (including phenoxy) is 1. The molecule has 1 fully saturated rings. The van der Waals surface area contributed by atoms with Crippen molar-refractivity contribution in [3.63, 3.8) is 0 Å². The number of halogens is 4. The summed E-state index contributed by atoms with van der Waals surface area (Å²) in [7, 11) is 0. The molecule has 1 amide bonds. The van der Waals surface area contributed by atoms with Gasteiger partial charge in [0.25, 0.3) is 5.91 Å². The van der Waals surface area contributed by atoms with Gasteiger partial charge in [-0.3, -0.25) is 9.69 Å². The molecule has 0 aliphatic carbocycles. The van der Waals surface area contributed by atoms with Gasteiger partial charge in [-0.2, -0.15) is 13.2 Å². The molecule has 0 bridgehead atoms. The largest absolute Gasteiger partial charge is 0.416 e. The van der Waals surface area contributed by atoms with Crippen molar-refractivity contribution in [2.75, 3.05) is 32.8 Å². The van der Waals surface area contributed by atoms with Crippen molar-refractivity contribution < 1.29 is 22.7 Å². The van der Waals surface area contributed by atoms with E-state index in [4.69, 9.17) is 16.3 Å². The van der Waals surface area contributed by atoms with Crippen LogP contribution in [0.2, 0.25) is 5.02 Å². The first-order chi connectivity index (χ1) is 13.4. The molecule has 4 nitrogen and oxygen atoms in total. The summed E-state index contributed by atoms with van der Waals surface area (Å²) in [5.74, 6) is -0.431. The minimum absolute atomic E-state index is 0.156. The number of carbonyl (C=O) groups is 1. The maximum atomic E-state index is 12.7. The van der Waals surface area contributed by atoms with Gasteiger partial charge in [-0.25, -0.2) is 0 Å². The lowest BCUT2D eigenvalue weighted by atomic mass is 10.0. The van der Waals surface area contributed by atoms with Crippen molar-refractivity contribution in [2.24, 2.45) is 0 Å². The van der Waals surface area contributed by atoms with Gasteiger partial charge in [0.15, 0.2) is 0 Å². The highest BCUT2D eigenvalue weighted by Gasteiger charge is 2.30. The van der Waals surface area contributed by atoms with E-state index in [1.165, 1.54) is 12.1 Å². The topological polar surface area (TPSA) is 41.6 Å². The van der Waals surface area contributed by atoms with Gasteiger partial charge in [0.05, 0.1) is 24.8 Å². The average Bonchev–Trinajstić information content (AvgIpc) is 2.69. The average molecular weight is 413 g/mol. The normalized spacial score (nSPS) is 16.6. The highest BCUT2D eigenvalue weighted by Crippen LogP contribution is 2.30. The first kappa shape index (κ1) is 20.6. The maximum Gasteiger partial charge on any atom is 0.416 e. The second kappa shape index (κ2) is 8.94. The van der Waals surface area contributed by atoms with Crippen molar-refractivity contribution >= 4 is 17.5 Å². The van der Waals surface area contributed by atoms with E-state index in [1.807, 2.05) is 18.2 Å². The molecule has 1 aliphatic heterocycles. The number of benzene rings is 2. The molecule has 2 aromatic rings. The Balaban J connectivity index is 1.72. The first-order valence-corrected chi connectivity index (χ1v) is 9.26. The molecule has 0 aromatic heterocycles. The summed E-state index contributed by atoms with van der Waals surface area (Å²) in [6.45, 7) is 2.86. The predicted octanol–water partition coefficient (Wildman–Crippen LogP) is 4.16. The number of hydrogen-bond donors (Lipinski definition) is 1. The fourth-order valence-electron chi connectivity index (χ4n) is 3.17.